The summed E-state index contributed by atoms with van der Waals surface area (Å²) in [5, 5.41) is 5.50. The molecule has 5 rings (SSSR count). The normalized spacial score (nSPS) is 20.7. The van der Waals surface area contributed by atoms with Crippen molar-refractivity contribution in [3.63, 3.8) is 0 Å². The van der Waals surface area contributed by atoms with E-state index in [9.17, 15) is 22.8 Å². The minimum atomic E-state index is -3.67. The van der Waals surface area contributed by atoms with Crippen molar-refractivity contribution in [1.82, 2.24) is 20.3 Å². The first-order valence-electron chi connectivity index (χ1n) is 12.4. The molecule has 2 aromatic rings. The van der Waals surface area contributed by atoms with Gasteiger partial charge in [0.05, 0.1) is 30.7 Å². The van der Waals surface area contributed by atoms with Crippen LogP contribution in [0.2, 0.25) is 0 Å². The first-order chi connectivity index (χ1) is 18.6. The number of halogens is 3. The summed E-state index contributed by atoms with van der Waals surface area (Å²) in [4.78, 5) is 42.4. The van der Waals surface area contributed by atoms with Crippen LogP contribution >= 0.6 is 0 Å². The van der Waals surface area contributed by atoms with Gasteiger partial charge in [-0.15, -0.1) is 0 Å². The van der Waals surface area contributed by atoms with Crippen molar-refractivity contribution in [1.29, 1.82) is 0 Å². The van der Waals surface area contributed by atoms with Gasteiger partial charge in [-0.2, -0.15) is 13.2 Å². The predicted octanol–water partition coefficient (Wildman–Crippen LogP) is 2.96. The van der Waals surface area contributed by atoms with Crippen molar-refractivity contribution in [3.05, 3.63) is 30.2 Å². The molecule has 2 aromatic heterocycles. The zero-order valence-corrected chi connectivity index (χ0v) is 21.7. The lowest BCUT2D eigenvalue weighted by Crippen LogP contribution is -2.48. The quantitative estimate of drug-likeness (QED) is 0.554. The molecule has 2 bridgehead atoms. The Morgan fingerprint density at radius 2 is 1.95 bits per heavy atom. The lowest BCUT2D eigenvalue weighted by Gasteiger charge is -2.35. The molecule has 0 radical (unpaired) electrons. The van der Waals surface area contributed by atoms with E-state index in [1.807, 2.05) is 26.8 Å². The van der Waals surface area contributed by atoms with Gasteiger partial charge in [0.15, 0.2) is 17.4 Å². The van der Waals surface area contributed by atoms with Gasteiger partial charge in [-0.1, -0.05) is 0 Å². The maximum Gasteiger partial charge on any atom is 0.379 e. The molecule has 2 unspecified atom stereocenters. The van der Waals surface area contributed by atoms with Crippen molar-refractivity contribution in [2.45, 2.75) is 51.8 Å². The molecule has 3 aliphatic heterocycles. The predicted molar refractivity (Wildman–Crippen MR) is 134 cm³/mol. The van der Waals surface area contributed by atoms with Crippen molar-refractivity contribution in [2.75, 3.05) is 48.0 Å². The molecule has 0 spiro atoms. The van der Waals surface area contributed by atoms with E-state index in [-0.39, 0.29) is 29.7 Å². The van der Waals surface area contributed by atoms with Crippen LogP contribution in [0.3, 0.4) is 0 Å². The van der Waals surface area contributed by atoms with Gasteiger partial charge in [0.25, 0.3) is 5.91 Å². The van der Waals surface area contributed by atoms with E-state index in [0.29, 0.717) is 37.9 Å². The van der Waals surface area contributed by atoms with E-state index in [2.05, 4.69) is 30.5 Å². The second kappa shape index (κ2) is 12.0. The van der Waals surface area contributed by atoms with E-state index in [1.165, 1.54) is 12.4 Å². The van der Waals surface area contributed by atoms with Crippen LogP contribution in [0.25, 0.3) is 0 Å². The largest absolute Gasteiger partial charge is 0.488 e. The van der Waals surface area contributed by atoms with E-state index < -0.39 is 18.5 Å². The van der Waals surface area contributed by atoms with Gasteiger partial charge in [0.2, 0.25) is 5.95 Å². The van der Waals surface area contributed by atoms with Gasteiger partial charge < -0.3 is 24.4 Å². The minimum absolute atomic E-state index is 0.0556. The summed E-state index contributed by atoms with van der Waals surface area (Å²) in [5.74, 6) is 0.171. The number of alkyl halides is 3. The van der Waals surface area contributed by atoms with Crippen molar-refractivity contribution in [2.24, 2.45) is 0 Å². The second-order valence-corrected chi connectivity index (χ2v) is 9.34. The van der Waals surface area contributed by atoms with Gasteiger partial charge in [-0.25, -0.2) is 19.7 Å². The molecular weight excluding hydrogens is 523 g/mol. The molecule has 15 heteroatoms. The van der Waals surface area contributed by atoms with Crippen LogP contribution in [0, 0.1) is 0 Å². The number of aromatic nitrogens is 3. The van der Waals surface area contributed by atoms with Gasteiger partial charge in [-0.05, 0) is 39.3 Å². The van der Waals surface area contributed by atoms with Crippen LogP contribution in [-0.2, 0) is 9.47 Å². The fourth-order valence-corrected chi connectivity index (χ4v) is 4.49. The summed E-state index contributed by atoms with van der Waals surface area (Å²) in [5.41, 5.74) is 1.09. The highest BCUT2D eigenvalue weighted by atomic mass is 19.4. The second-order valence-electron chi connectivity index (χ2n) is 9.34. The molecule has 2 saturated heterocycles. The zero-order valence-electron chi connectivity index (χ0n) is 21.7. The van der Waals surface area contributed by atoms with Crippen LogP contribution in [0.4, 0.5) is 35.4 Å². The monoisotopic (exact) mass is 553 g/mol. The van der Waals surface area contributed by atoms with Crippen molar-refractivity contribution < 1.29 is 37.0 Å². The number of rotatable bonds is 6. The molecule has 0 aliphatic carbocycles. The number of nitrogens with one attached hydrogen (secondary N) is 2. The van der Waals surface area contributed by atoms with Gasteiger partial charge in [-0.3, -0.25) is 15.0 Å². The molecular formula is C24H30F3N7O5. The number of carbonyl (C=O) groups excluding carboxylic acids is 2. The molecule has 212 valence electrons. The molecule has 2 N–H and O–H groups in total. The third-order valence-corrected chi connectivity index (χ3v) is 6.09. The number of nitrogens with zero attached hydrogens (tertiary/aromatic N) is 5. The lowest BCUT2D eigenvalue weighted by atomic mass is 10.1. The number of ether oxygens (including phenoxy) is 3. The average molecular weight is 554 g/mol. The summed E-state index contributed by atoms with van der Waals surface area (Å²) < 4.78 is 45.9. The van der Waals surface area contributed by atoms with E-state index in [4.69, 9.17) is 14.2 Å². The highest BCUT2D eigenvalue weighted by molar-refractivity contribution is 6.04. The maximum absolute atomic E-state index is 13.3. The molecule has 3 amide bonds. The number of fused-ring (bicyclic) bond motifs is 4. The van der Waals surface area contributed by atoms with E-state index >= 15 is 0 Å². The van der Waals surface area contributed by atoms with Crippen molar-refractivity contribution >= 4 is 29.4 Å². The van der Waals surface area contributed by atoms with Gasteiger partial charge in [0.1, 0.15) is 18.4 Å². The number of amides is 3. The molecule has 0 aromatic carbocycles. The summed E-state index contributed by atoms with van der Waals surface area (Å²) in [6.07, 6.45) is 3.62. The third-order valence-electron chi connectivity index (χ3n) is 6.09. The highest BCUT2D eigenvalue weighted by Gasteiger charge is 2.40. The SMILES string of the molecule is CCNC(=O)c1ccc2c(n1)N(C(=O)Nc1ncc(OCC3COC(C)(C)O3)cn1)C1CCN2C1.FC(F)F. The van der Waals surface area contributed by atoms with Gasteiger partial charge >= 0.3 is 12.7 Å². The first-order valence-corrected chi connectivity index (χ1v) is 12.4. The topological polar surface area (TPSA) is 131 Å². The van der Waals surface area contributed by atoms with Crippen LogP contribution < -0.4 is 25.2 Å². The molecule has 39 heavy (non-hydrogen) atoms. The van der Waals surface area contributed by atoms with E-state index in [1.54, 1.807) is 11.0 Å². The van der Waals surface area contributed by atoms with Crippen molar-refractivity contribution in [3.8, 4) is 5.75 Å². The number of hydrogen-bond acceptors (Lipinski definition) is 9. The van der Waals surface area contributed by atoms with E-state index in [0.717, 1.165) is 18.7 Å². The molecule has 2 fully saturated rings. The van der Waals surface area contributed by atoms with Crippen LogP contribution in [-0.4, -0.2) is 84.4 Å². The first kappa shape index (κ1) is 28.3. The summed E-state index contributed by atoms with van der Waals surface area (Å²) in [6, 6.07) is 3.08. The Morgan fingerprint density at radius 1 is 1.23 bits per heavy atom. The molecule has 12 nitrogen and oxygen atoms in total. The fourth-order valence-electron chi connectivity index (χ4n) is 4.49. The Labute approximate surface area is 222 Å². The number of carbonyl (C=O) groups is 2. The summed E-state index contributed by atoms with van der Waals surface area (Å²) >= 11 is 0. The van der Waals surface area contributed by atoms with Crippen LogP contribution in [0.15, 0.2) is 24.5 Å². The Morgan fingerprint density at radius 3 is 2.59 bits per heavy atom. The highest BCUT2D eigenvalue weighted by Crippen LogP contribution is 2.39. The zero-order chi connectivity index (χ0) is 28.2. The molecule has 2 atom stereocenters. The number of anilines is 3. The fraction of sp³-hybridized carbons (Fsp3) is 0.542. The standard InChI is InChI=1S/C23H29N7O5.CHF3/c1-4-24-20(31)17-5-6-18-19(27-17)30(14-7-8-29(18)11-14)22(32)28-21-25-9-15(10-26-21)33-12-16-13-34-23(2,3)35-16;2-1(3)4/h5-6,9-10,14,16H,4,7-8,11-13H2,1-3H3,(H,24,31)(H,25,26,28,32);1H. The average Bonchev–Trinajstić information content (AvgIpc) is 3.46. The maximum atomic E-state index is 13.3. The Balaban J connectivity index is 0.000000826. The Kier molecular flexibility index (Phi) is 8.70. The Hall–Kier alpha value is -3.72. The van der Waals surface area contributed by atoms with Gasteiger partial charge in [0, 0.05) is 19.6 Å². The number of pyridine rings is 1. The summed E-state index contributed by atoms with van der Waals surface area (Å²) in [6.45, 7) is 4.66. The minimum Gasteiger partial charge on any atom is -0.488 e. The van der Waals surface area contributed by atoms with Crippen LogP contribution in [0.5, 0.6) is 5.75 Å². The number of urea groups is 1. The third kappa shape index (κ3) is 7.03. The van der Waals surface area contributed by atoms with Crippen LogP contribution in [0.1, 0.15) is 37.7 Å². The number of hydrogen-bond donors (Lipinski definition) is 2. The smallest absolute Gasteiger partial charge is 0.379 e. The summed E-state index contributed by atoms with van der Waals surface area (Å²) in [7, 11) is 0. The molecule has 0 saturated carbocycles. The Bertz CT molecular complexity index is 1170. The molecule has 3 aliphatic rings. The molecule has 5 heterocycles. The lowest BCUT2D eigenvalue weighted by molar-refractivity contribution is -0.141.